The molecule has 0 aromatic heterocycles. The molecule has 5 heteroatoms. The molecule has 0 heterocycles. The van der Waals surface area contributed by atoms with Crippen molar-refractivity contribution in [3.8, 4) is 0 Å². The summed E-state index contributed by atoms with van der Waals surface area (Å²) >= 11 is 0. The van der Waals surface area contributed by atoms with Crippen LogP contribution in [0.1, 0.15) is 27.7 Å². The zero-order chi connectivity index (χ0) is 9.28. The minimum Gasteiger partial charge on any atom is -0.458 e. The van der Waals surface area contributed by atoms with Gasteiger partial charge in [-0.2, -0.15) is 0 Å². The van der Waals surface area contributed by atoms with Crippen LogP contribution in [-0.4, -0.2) is 17.2 Å². The lowest BCUT2D eigenvalue weighted by molar-refractivity contribution is -0.160. The van der Waals surface area contributed by atoms with Crippen molar-refractivity contribution in [1.29, 1.82) is 0 Å². The van der Waals surface area contributed by atoms with Crippen molar-refractivity contribution in [3.05, 3.63) is 0 Å². The van der Waals surface area contributed by atoms with Crippen molar-refractivity contribution >= 4 is 18.4 Å². The number of nitrogens with two attached hydrogens (primary N) is 2. The zero-order valence-corrected chi connectivity index (χ0v) is 8.70. The minimum absolute atomic E-state index is 0. The van der Waals surface area contributed by atoms with E-state index in [9.17, 15) is 4.79 Å². The average Bonchev–Trinajstić information content (AvgIpc) is 1.56. The fourth-order valence-electron chi connectivity index (χ4n) is 0.388. The lowest BCUT2D eigenvalue weighted by Crippen LogP contribution is -2.55. The molecule has 0 spiro atoms. The van der Waals surface area contributed by atoms with Gasteiger partial charge in [0, 0.05) is 0 Å². The molecule has 0 amide bonds. The van der Waals surface area contributed by atoms with Gasteiger partial charge in [-0.3, -0.25) is 0 Å². The first kappa shape index (κ1) is 14.2. The van der Waals surface area contributed by atoms with E-state index in [-0.39, 0.29) is 12.4 Å². The van der Waals surface area contributed by atoms with E-state index in [2.05, 4.69) is 0 Å². The predicted octanol–water partition coefficient (Wildman–Crippen LogP) is 0.384. The molecule has 0 fully saturated rings. The molecule has 0 saturated carbocycles. The molecule has 74 valence electrons. The van der Waals surface area contributed by atoms with Crippen LogP contribution < -0.4 is 11.5 Å². The van der Waals surface area contributed by atoms with Crippen LogP contribution in [0, 0.1) is 0 Å². The van der Waals surface area contributed by atoms with Crippen LogP contribution in [0.5, 0.6) is 0 Å². The minimum atomic E-state index is -1.40. The summed E-state index contributed by atoms with van der Waals surface area (Å²) in [6.45, 7) is 6.69. The number of hydrogen-bond donors (Lipinski definition) is 2. The van der Waals surface area contributed by atoms with Gasteiger partial charge < -0.3 is 16.2 Å². The molecule has 0 saturated heterocycles. The molecule has 0 aliphatic heterocycles. The maximum absolute atomic E-state index is 11.0. The third-order valence-electron chi connectivity index (χ3n) is 0.839. The van der Waals surface area contributed by atoms with Gasteiger partial charge in [-0.1, -0.05) is 0 Å². The summed E-state index contributed by atoms with van der Waals surface area (Å²) < 4.78 is 4.91. The summed E-state index contributed by atoms with van der Waals surface area (Å²) in [5.74, 6) is -0.593. The number of esters is 1. The summed E-state index contributed by atoms with van der Waals surface area (Å²) in [4.78, 5) is 11.0. The van der Waals surface area contributed by atoms with Crippen LogP contribution in [-0.2, 0) is 9.53 Å². The highest BCUT2D eigenvalue weighted by molar-refractivity contribution is 5.85. The number of carbonyl (C=O) groups excluding carboxylic acids is 1. The van der Waals surface area contributed by atoms with Crippen LogP contribution in [0.3, 0.4) is 0 Å². The molecule has 4 N–H and O–H groups in total. The third kappa shape index (κ3) is 6.39. The van der Waals surface area contributed by atoms with Gasteiger partial charge in [-0.15, -0.1) is 12.4 Å². The molecule has 0 unspecified atom stereocenters. The smallest absolute Gasteiger partial charge is 0.341 e. The lowest BCUT2D eigenvalue weighted by atomic mass is 10.2. The van der Waals surface area contributed by atoms with Gasteiger partial charge in [-0.25, -0.2) is 4.79 Å². The Morgan fingerprint density at radius 3 is 1.58 bits per heavy atom. The quantitative estimate of drug-likeness (QED) is 0.470. The van der Waals surface area contributed by atoms with Gasteiger partial charge in [0.05, 0.1) is 0 Å². The van der Waals surface area contributed by atoms with E-state index in [1.54, 1.807) is 20.8 Å². The molecular weight excluding hydrogens is 180 g/mol. The number of carbonyl (C=O) groups is 1. The Labute approximate surface area is 79.0 Å². The van der Waals surface area contributed by atoms with E-state index >= 15 is 0 Å². The Kier molecular flexibility index (Phi) is 4.82. The van der Waals surface area contributed by atoms with Crippen molar-refractivity contribution in [2.75, 3.05) is 0 Å². The normalized spacial score (nSPS) is 11.8. The molecule has 0 bridgehead atoms. The molecule has 0 atom stereocenters. The van der Waals surface area contributed by atoms with E-state index in [1.165, 1.54) is 6.92 Å². The van der Waals surface area contributed by atoms with E-state index < -0.39 is 17.2 Å². The number of rotatable bonds is 1. The van der Waals surface area contributed by atoms with Crippen molar-refractivity contribution in [3.63, 3.8) is 0 Å². The van der Waals surface area contributed by atoms with Crippen LogP contribution >= 0.6 is 12.4 Å². The van der Waals surface area contributed by atoms with Gasteiger partial charge in [0.15, 0.2) is 5.66 Å². The summed E-state index contributed by atoms with van der Waals surface area (Å²) in [6.07, 6.45) is 0. The first-order chi connectivity index (χ1) is 4.63. The van der Waals surface area contributed by atoms with Crippen LogP contribution in [0.15, 0.2) is 0 Å². The molecule has 0 aliphatic carbocycles. The van der Waals surface area contributed by atoms with Crippen LogP contribution in [0.2, 0.25) is 0 Å². The van der Waals surface area contributed by atoms with E-state index in [4.69, 9.17) is 16.2 Å². The highest BCUT2D eigenvalue weighted by atomic mass is 35.5. The molecule has 0 aromatic rings. The molecule has 0 radical (unpaired) electrons. The molecule has 4 nitrogen and oxygen atoms in total. The first-order valence-electron chi connectivity index (χ1n) is 3.44. The average molecular weight is 197 g/mol. The Bertz CT molecular complexity index is 158. The van der Waals surface area contributed by atoms with Gasteiger partial charge >= 0.3 is 5.97 Å². The second-order valence-corrected chi connectivity index (χ2v) is 3.78. The van der Waals surface area contributed by atoms with Crippen molar-refractivity contribution in [2.24, 2.45) is 11.5 Å². The summed E-state index contributed by atoms with van der Waals surface area (Å²) in [5.41, 5.74) is 8.65. The predicted molar refractivity (Wildman–Crippen MR) is 49.9 cm³/mol. The Morgan fingerprint density at radius 2 is 1.50 bits per heavy atom. The second kappa shape index (κ2) is 4.07. The molecule has 12 heavy (non-hydrogen) atoms. The van der Waals surface area contributed by atoms with E-state index in [0.717, 1.165) is 0 Å². The highest BCUT2D eigenvalue weighted by Crippen LogP contribution is 2.09. The van der Waals surface area contributed by atoms with E-state index in [1.807, 2.05) is 0 Å². The fraction of sp³-hybridized carbons (Fsp3) is 0.857. The maximum Gasteiger partial charge on any atom is 0.341 e. The topological polar surface area (TPSA) is 78.3 Å². The van der Waals surface area contributed by atoms with E-state index in [0.29, 0.717) is 0 Å². The standard InChI is InChI=1S/C7H16N2O2.ClH/c1-6(2,3)11-5(10)7(4,8)9;/h8-9H2,1-4H3;1H. The highest BCUT2D eigenvalue weighted by Gasteiger charge is 2.28. The second-order valence-electron chi connectivity index (χ2n) is 3.78. The maximum atomic E-state index is 11.0. The molecule has 0 aliphatic rings. The van der Waals surface area contributed by atoms with Gasteiger partial charge in [0.2, 0.25) is 0 Å². The van der Waals surface area contributed by atoms with Gasteiger partial charge in [0.1, 0.15) is 5.60 Å². The van der Waals surface area contributed by atoms with Gasteiger partial charge in [-0.05, 0) is 27.7 Å². The summed E-state index contributed by atoms with van der Waals surface area (Å²) in [7, 11) is 0. The van der Waals surface area contributed by atoms with Crippen molar-refractivity contribution < 1.29 is 9.53 Å². The third-order valence-corrected chi connectivity index (χ3v) is 0.839. The molecular formula is C7H17ClN2O2. The fourth-order valence-corrected chi connectivity index (χ4v) is 0.388. The molecule has 0 rings (SSSR count). The monoisotopic (exact) mass is 196 g/mol. The summed E-state index contributed by atoms with van der Waals surface area (Å²) in [6, 6.07) is 0. The SMILES string of the molecule is CC(C)(C)OC(=O)C(C)(N)N.Cl. The van der Waals surface area contributed by atoms with Crippen molar-refractivity contribution in [2.45, 2.75) is 39.0 Å². The number of ether oxygens (including phenoxy) is 1. The van der Waals surface area contributed by atoms with Crippen LogP contribution in [0.4, 0.5) is 0 Å². The number of hydrogen-bond acceptors (Lipinski definition) is 4. The number of halogens is 1. The van der Waals surface area contributed by atoms with Crippen molar-refractivity contribution in [1.82, 2.24) is 0 Å². The Balaban J connectivity index is 0. The Morgan fingerprint density at radius 1 is 1.17 bits per heavy atom. The zero-order valence-electron chi connectivity index (χ0n) is 7.88. The lowest BCUT2D eigenvalue weighted by Gasteiger charge is -2.25. The largest absolute Gasteiger partial charge is 0.458 e. The first-order valence-corrected chi connectivity index (χ1v) is 3.44. The van der Waals surface area contributed by atoms with Gasteiger partial charge in [0.25, 0.3) is 0 Å². The Hall–Kier alpha value is -0.320. The van der Waals surface area contributed by atoms with Crippen LogP contribution in [0.25, 0.3) is 0 Å². The molecule has 0 aromatic carbocycles. The summed E-state index contributed by atoms with van der Waals surface area (Å²) in [5, 5.41) is 0.